The lowest BCUT2D eigenvalue weighted by atomic mass is 10.0. The molecule has 0 amide bonds. The molecule has 21 heavy (non-hydrogen) atoms. The Bertz CT molecular complexity index is 730. The first-order valence-corrected chi connectivity index (χ1v) is 8.04. The van der Waals surface area contributed by atoms with Crippen LogP contribution in [0.25, 0.3) is 21.5 Å². The van der Waals surface area contributed by atoms with Gasteiger partial charge in [0.2, 0.25) is 0 Å². The van der Waals surface area contributed by atoms with E-state index in [1.807, 2.05) is 0 Å². The van der Waals surface area contributed by atoms with E-state index in [1.54, 1.807) is 0 Å². The molecule has 1 heteroatoms. The number of unbranched alkanes of at least 4 members (excludes halogenated alkanes) is 3. The summed E-state index contributed by atoms with van der Waals surface area (Å²) in [7, 11) is 0. The van der Waals surface area contributed by atoms with E-state index in [0.29, 0.717) is 0 Å². The molecule has 3 rings (SSSR count). The van der Waals surface area contributed by atoms with Crippen LogP contribution in [0.2, 0.25) is 0 Å². The van der Waals surface area contributed by atoms with Crippen molar-refractivity contribution in [3.05, 3.63) is 54.6 Å². The maximum atomic E-state index is 3.61. The molecule has 0 aliphatic carbocycles. The summed E-state index contributed by atoms with van der Waals surface area (Å²) >= 11 is 0. The van der Waals surface area contributed by atoms with Crippen molar-refractivity contribution in [2.24, 2.45) is 0 Å². The van der Waals surface area contributed by atoms with Crippen LogP contribution in [-0.2, 0) is 0 Å². The van der Waals surface area contributed by atoms with Gasteiger partial charge in [0.15, 0.2) is 0 Å². The molecule has 0 aromatic heterocycles. The van der Waals surface area contributed by atoms with Crippen LogP contribution in [0, 0.1) is 0 Å². The minimum Gasteiger partial charge on any atom is -0.385 e. The van der Waals surface area contributed by atoms with Crippen LogP contribution in [-0.4, -0.2) is 6.54 Å². The number of fused-ring (bicyclic) bond motifs is 2. The molecule has 0 fully saturated rings. The Kier molecular flexibility index (Phi) is 4.40. The molecule has 0 bridgehead atoms. The van der Waals surface area contributed by atoms with E-state index >= 15 is 0 Å². The summed E-state index contributed by atoms with van der Waals surface area (Å²) in [6.45, 7) is 3.31. The third-order valence-corrected chi connectivity index (χ3v) is 4.09. The van der Waals surface area contributed by atoms with Gasteiger partial charge >= 0.3 is 0 Å². The molecule has 0 saturated heterocycles. The third kappa shape index (κ3) is 3.18. The van der Waals surface area contributed by atoms with Crippen LogP contribution in [0.15, 0.2) is 54.6 Å². The first-order chi connectivity index (χ1) is 10.4. The van der Waals surface area contributed by atoms with E-state index in [0.717, 1.165) is 6.54 Å². The van der Waals surface area contributed by atoms with Gasteiger partial charge in [0.25, 0.3) is 0 Å². The number of hydrogen-bond acceptors (Lipinski definition) is 1. The van der Waals surface area contributed by atoms with Crippen molar-refractivity contribution in [2.45, 2.75) is 32.6 Å². The van der Waals surface area contributed by atoms with Crippen LogP contribution in [0.4, 0.5) is 5.69 Å². The Balaban J connectivity index is 1.86. The Morgan fingerprint density at radius 1 is 0.762 bits per heavy atom. The first kappa shape index (κ1) is 13.9. The average molecular weight is 277 g/mol. The molecule has 0 heterocycles. The zero-order chi connectivity index (χ0) is 14.5. The maximum absolute atomic E-state index is 3.61. The predicted octanol–water partition coefficient (Wildman–Crippen LogP) is 5.99. The molecule has 0 atom stereocenters. The van der Waals surface area contributed by atoms with E-state index in [2.05, 4.69) is 66.8 Å². The summed E-state index contributed by atoms with van der Waals surface area (Å²) < 4.78 is 0. The van der Waals surface area contributed by atoms with Gasteiger partial charge in [0, 0.05) is 17.6 Å². The summed E-state index contributed by atoms with van der Waals surface area (Å²) in [4.78, 5) is 0. The molecule has 108 valence electrons. The van der Waals surface area contributed by atoms with Crippen LogP contribution >= 0.6 is 0 Å². The van der Waals surface area contributed by atoms with Gasteiger partial charge in [0.05, 0.1) is 0 Å². The van der Waals surface area contributed by atoms with Gasteiger partial charge in [-0.15, -0.1) is 0 Å². The summed E-state index contributed by atoms with van der Waals surface area (Å²) in [5.74, 6) is 0. The minimum absolute atomic E-state index is 1.06. The van der Waals surface area contributed by atoms with E-state index in [-0.39, 0.29) is 0 Å². The molecule has 1 nitrogen and oxygen atoms in total. The van der Waals surface area contributed by atoms with Gasteiger partial charge < -0.3 is 5.32 Å². The van der Waals surface area contributed by atoms with Gasteiger partial charge in [-0.1, -0.05) is 62.6 Å². The van der Waals surface area contributed by atoms with Crippen molar-refractivity contribution in [3.8, 4) is 0 Å². The number of benzene rings is 3. The maximum Gasteiger partial charge on any atom is 0.0420 e. The normalized spacial score (nSPS) is 11.1. The fraction of sp³-hybridized carbons (Fsp3) is 0.300. The highest BCUT2D eigenvalue weighted by atomic mass is 14.9. The third-order valence-electron chi connectivity index (χ3n) is 4.09. The van der Waals surface area contributed by atoms with Gasteiger partial charge in [-0.3, -0.25) is 0 Å². The van der Waals surface area contributed by atoms with Crippen molar-refractivity contribution >= 4 is 27.2 Å². The predicted molar refractivity (Wildman–Crippen MR) is 94.1 cm³/mol. The van der Waals surface area contributed by atoms with Crippen molar-refractivity contribution < 1.29 is 0 Å². The minimum atomic E-state index is 1.06. The van der Waals surface area contributed by atoms with Gasteiger partial charge in [0.1, 0.15) is 0 Å². The first-order valence-electron chi connectivity index (χ1n) is 8.04. The molecule has 3 aromatic rings. The number of anilines is 1. The molecule has 0 aliphatic rings. The lowest BCUT2D eigenvalue weighted by Gasteiger charge is -2.11. The molecular formula is C20H23N. The van der Waals surface area contributed by atoms with Crippen molar-refractivity contribution in [1.82, 2.24) is 0 Å². The van der Waals surface area contributed by atoms with Crippen LogP contribution in [0.5, 0.6) is 0 Å². The van der Waals surface area contributed by atoms with Crippen LogP contribution in [0.3, 0.4) is 0 Å². The summed E-state index contributed by atoms with van der Waals surface area (Å²) in [5, 5.41) is 8.87. The van der Waals surface area contributed by atoms with Crippen LogP contribution in [0.1, 0.15) is 32.6 Å². The fourth-order valence-electron chi connectivity index (χ4n) is 2.90. The average Bonchev–Trinajstić information content (AvgIpc) is 2.53. The van der Waals surface area contributed by atoms with Gasteiger partial charge in [-0.05, 0) is 40.8 Å². The van der Waals surface area contributed by atoms with E-state index in [4.69, 9.17) is 0 Å². The Morgan fingerprint density at radius 2 is 1.52 bits per heavy atom. The lowest BCUT2D eigenvalue weighted by Crippen LogP contribution is -2.01. The second-order valence-corrected chi connectivity index (χ2v) is 5.71. The van der Waals surface area contributed by atoms with E-state index in [1.165, 1.54) is 52.9 Å². The van der Waals surface area contributed by atoms with Crippen LogP contribution < -0.4 is 5.32 Å². The molecule has 0 radical (unpaired) electrons. The molecule has 0 saturated carbocycles. The van der Waals surface area contributed by atoms with Gasteiger partial charge in [-0.25, -0.2) is 0 Å². The fourth-order valence-corrected chi connectivity index (χ4v) is 2.90. The molecule has 0 aliphatic heterocycles. The molecule has 1 N–H and O–H groups in total. The second-order valence-electron chi connectivity index (χ2n) is 5.71. The Hall–Kier alpha value is -2.02. The second kappa shape index (κ2) is 6.62. The Morgan fingerprint density at radius 3 is 2.33 bits per heavy atom. The smallest absolute Gasteiger partial charge is 0.0420 e. The number of rotatable bonds is 6. The summed E-state index contributed by atoms with van der Waals surface area (Å²) in [6.07, 6.45) is 5.19. The topological polar surface area (TPSA) is 12.0 Å². The number of nitrogens with one attached hydrogen (secondary N) is 1. The molecular weight excluding hydrogens is 254 g/mol. The van der Waals surface area contributed by atoms with E-state index < -0.39 is 0 Å². The van der Waals surface area contributed by atoms with Crippen molar-refractivity contribution in [2.75, 3.05) is 11.9 Å². The molecule has 3 aromatic carbocycles. The Labute approximate surface area is 127 Å². The zero-order valence-corrected chi connectivity index (χ0v) is 12.7. The summed E-state index contributed by atoms with van der Waals surface area (Å²) in [6, 6.07) is 19.7. The largest absolute Gasteiger partial charge is 0.385 e. The standard InChI is InChI=1S/C20H23N/c1-2-3-4-7-13-21-20-12-8-11-18-14-16-9-5-6-10-17(16)15-19(18)20/h5-6,8-12,14-15,21H,2-4,7,13H2,1H3. The highest BCUT2D eigenvalue weighted by molar-refractivity contribution is 6.03. The zero-order valence-electron chi connectivity index (χ0n) is 12.7. The summed E-state index contributed by atoms with van der Waals surface area (Å²) in [5.41, 5.74) is 1.26. The highest BCUT2D eigenvalue weighted by Gasteiger charge is 2.02. The quantitative estimate of drug-likeness (QED) is 0.431. The van der Waals surface area contributed by atoms with Crippen molar-refractivity contribution in [3.63, 3.8) is 0 Å². The van der Waals surface area contributed by atoms with Gasteiger partial charge in [-0.2, -0.15) is 0 Å². The monoisotopic (exact) mass is 277 g/mol. The number of hydrogen-bond donors (Lipinski definition) is 1. The molecule has 0 unspecified atom stereocenters. The molecule has 0 spiro atoms. The van der Waals surface area contributed by atoms with Crippen molar-refractivity contribution in [1.29, 1.82) is 0 Å². The highest BCUT2D eigenvalue weighted by Crippen LogP contribution is 2.28. The lowest BCUT2D eigenvalue weighted by molar-refractivity contribution is 0.685. The SMILES string of the molecule is CCCCCCNc1cccc2cc3ccccc3cc12. The van der Waals surface area contributed by atoms with E-state index in [9.17, 15) is 0 Å².